The fourth-order valence-electron chi connectivity index (χ4n) is 1.86. The van der Waals surface area contributed by atoms with E-state index in [0.717, 1.165) is 5.56 Å². The molecule has 0 aliphatic rings. The van der Waals surface area contributed by atoms with Crippen LogP contribution in [0.25, 0.3) is 0 Å². The molecule has 132 valence electrons. The molecule has 0 bridgehead atoms. The summed E-state index contributed by atoms with van der Waals surface area (Å²) >= 11 is 0. The van der Waals surface area contributed by atoms with Gasteiger partial charge < -0.3 is 34.3 Å². The Morgan fingerprint density at radius 3 is 1.96 bits per heavy atom. The third-order valence-electron chi connectivity index (χ3n) is 2.87. The van der Waals surface area contributed by atoms with E-state index in [4.69, 9.17) is 34.3 Å². The van der Waals surface area contributed by atoms with E-state index in [9.17, 15) is 0 Å². The van der Waals surface area contributed by atoms with Crippen molar-refractivity contribution < 1.29 is 34.3 Å². The largest absolute Gasteiger partial charge is 0.491 e. The maximum atomic E-state index is 9.16. The smallest absolute Gasteiger partial charge is 0.122 e. The molecule has 0 saturated heterocycles. The lowest BCUT2D eigenvalue weighted by atomic mass is 10.1. The third-order valence-corrected chi connectivity index (χ3v) is 2.87. The van der Waals surface area contributed by atoms with Gasteiger partial charge in [-0.05, 0) is 24.6 Å². The first-order valence-electron chi connectivity index (χ1n) is 7.68. The Morgan fingerprint density at radius 1 is 0.696 bits per heavy atom. The second-order valence-corrected chi connectivity index (χ2v) is 4.61. The summed E-state index contributed by atoms with van der Waals surface area (Å²) in [5, 5.41) is 26.4. The SMILES string of the molecule is OCCOCCOc1ccc(OCCOCCO)c(CCO)c1. The zero-order valence-electron chi connectivity index (χ0n) is 13.3. The molecule has 3 N–H and O–H groups in total. The molecule has 0 saturated carbocycles. The maximum absolute atomic E-state index is 9.16. The minimum absolute atomic E-state index is 0.00526. The third kappa shape index (κ3) is 8.73. The number of aliphatic hydroxyl groups excluding tert-OH is 3. The zero-order valence-corrected chi connectivity index (χ0v) is 13.3. The Kier molecular flexibility index (Phi) is 11.2. The van der Waals surface area contributed by atoms with Gasteiger partial charge in [0.2, 0.25) is 0 Å². The van der Waals surface area contributed by atoms with Gasteiger partial charge in [0.25, 0.3) is 0 Å². The van der Waals surface area contributed by atoms with Crippen molar-refractivity contribution in [2.45, 2.75) is 6.42 Å². The zero-order chi connectivity index (χ0) is 16.8. The highest BCUT2D eigenvalue weighted by Gasteiger charge is 2.06. The monoisotopic (exact) mass is 330 g/mol. The van der Waals surface area contributed by atoms with E-state index in [-0.39, 0.29) is 26.4 Å². The maximum Gasteiger partial charge on any atom is 0.122 e. The average molecular weight is 330 g/mol. The molecule has 0 aliphatic heterocycles. The van der Waals surface area contributed by atoms with E-state index in [2.05, 4.69) is 0 Å². The number of rotatable bonds is 14. The van der Waals surface area contributed by atoms with E-state index < -0.39 is 0 Å². The molecule has 7 heteroatoms. The van der Waals surface area contributed by atoms with Crippen molar-refractivity contribution in [3.8, 4) is 11.5 Å². The summed E-state index contributed by atoms with van der Waals surface area (Å²) in [5.41, 5.74) is 0.850. The van der Waals surface area contributed by atoms with Crippen LogP contribution in [-0.4, -0.2) is 74.8 Å². The number of benzene rings is 1. The molecule has 0 fully saturated rings. The molecule has 0 aromatic heterocycles. The molecular formula is C16H26O7. The summed E-state index contributed by atoms with van der Waals surface area (Å²) in [4.78, 5) is 0. The summed E-state index contributed by atoms with van der Waals surface area (Å²) < 4.78 is 21.4. The van der Waals surface area contributed by atoms with Crippen LogP contribution in [0.1, 0.15) is 5.56 Å². The Morgan fingerprint density at radius 2 is 1.35 bits per heavy atom. The topological polar surface area (TPSA) is 97.6 Å². The van der Waals surface area contributed by atoms with Gasteiger partial charge in [-0.1, -0.05) is 0 Å². The molecule has 1 rings (SSSR count). The predicted molar refractivity (Wildman–Crippen MR) is 84.0 cm³/mol. The lowest BCUT2D eigenvalue weighted by Crippen LogP contribution is -2.11. The van der Waals surface area contributed by atoms with Crippen molar-refractivity contribution in [3.05, 3.63) is 23.8 Å². The molecule has 0 aliphatic carbocycles. The van der Waals surface area contributed by atoms with Gasteiger partial charge in [-0.2, -0.15) is 0 Å². The van der Waals surface area contributed by atoms with E-state index >= 15 is 0 Å². The molecule has 0 amide bonds. The lowest BCUT2D eigenvalue weighted by molar-refractivity contribution is 0.0695. The van der Waals surface area contributed by atoms with Crippen LogP contribution in [0.5, 0.6) is 11.5 Å². The first-order valence-corrected chi connectivity index (χ1v) is 7.68. The molecule has 7 nitrogen and oxygen atoms in total. The number of aliphatic hydroxyl groups is 3. The van der Waals surface area contributed by atoms with Gasteiger partial charge in [0.15, 0.2) is 0 Å². The van der Waals surface area contributed by atoms with Crippen LogP contribution < -0.4 is 9.47 Å². The Bertz CT molecular complexity index is 411. The van der Waals surface area contributed by atoms with Gasteiger partial charge in [0.1, 0.15) is 24.7 Å². The molecule has 1 aromatic rings. The summed E-state index contributed by atoms with van der Waals surface area (Å²) in [6.07, 6.45) is 0.463. The molecule has 23 heavy (non-hydrogen) atoms. The van der Waals surface area contributed by atoms with Gasteiger partial charge in [0.05, 0.1) is 39.6 Å². The minimum atomic E-state index is -0.0101. The quantitative estimate of drug-likeness (QED) is 0.413. The van der Waals surface area contributed by atoms with E-state index in [1.54, 1.807) is 12.1 Å². The van der Waals surface area contributed by atoms with Crippen molar-refractivity contribution in [3.63, 3.8) is 0 Å². The van der Waals surface area contributed by atoms with Crippen LogP contribution in [0.3, 0.4) is 0 Å². The number of hydrogen-bond acceptors (Lipinski definition) is 7. The van der Waals surface area contributed by atoms with E-state index in [0.29, 0.717) is 51.0 Å². The molecule has 0 heterocycles. The van der Waals surface area contributed by atoms with Crippen LogP contribution >= 0.6 is 0 Å². The fourth-order valence-corrected chi connectivity index (χ4v) is 1.86. The molecule has 0 unspecified atom stereocenters. The normalized spacial score (nSPS) is 10.7. The van der Waals surface area contributed by atoms with Gasteiger partial charge >= 0.3 is 0 Å². The van der Waals surface area contributed by atoms with Crippen LogP contribution in [0.4, 0.5) is 0 Å². The molecule has 1 aromatic carbocycles. The van der Waals surface area contributed by atoms with Gasteiger partial charge in [-0.15, -0.1) is 0 Å². The summed E-state index contributed by atoms with van der Waals surface area (Å²) in [6.45, 7) is 2.12. The Labute approximate surface area is 136 Å². The van der Waals surface area contributed by atoms with E-state index in [1.165, 1.54) is 0 Å². The van der Waals surface area contributed by atoms with Crippen molar-refractivity contribution in [2.24, 2.45) is 0 Å². The van der Waals surface area contributed by atoms with Crippen molar-refractivity contribution >= 4 is 0 Å². The van der Waals surface area contributed by atoms with Crippen molar-refractivity contribution in [1.29, 1.82) is 0 Å². The second kappa shape index (κ2) is 13.1. The summed E-state index contributed by atoms with van der Waals surface area (Å²) in [7, 11) is 0. The first kappa shape index (κ1) is 19.7. The van der Waals surface area contributed by atoms with Gasteiger partial charge in [-0.25, -0.2) is 0 Å². The van der Waals surface area contributed by atoms with Crippen LogP contribution in [0.15, 0.2) is 18.2 Å². The summed E-state index contributed by atoms with van der Waals surface area (Å²) in [5.74, 6) is 1.35. The first-order chi connectivity index (χ1) is 11.3. The molecule has 0 radical (unpaired) electrons. The van der Waals surface area contributed by atoms with E-state index in [1.807, 2.05) is 6.07 Å². The van der Waals surface area contributed by atoms with Crippen LogP contribution in [-0.2, 0) is 15.9 Å². The van der Waals surface area contributed by atoms with Crippen LogP contribution in [0, 0.1) is 0 Å². The predicted octanol–water partition coefficient (Wildman–Crippen LogP) is -0.00320. The lowest BCUT2D eigenvalue weighted by Gasteiger charge is -2.13. The second-order valence-electron chi connectivity index (χ2n) is 4.61. The Hall–Kier alpha value is -1.38. The van der Waals surface area contributed by atoms with Gasteiger partial charge in [0, 0.05) is 12.2 Å². The van der Waals surface area contributed by atoms with Crippen molar-refractivity contribution in [2.75, 3.05) is 59.5 Å². The minimum Gasteiger partial charge on any atom is -0.491 e. The highest BCUT2D eigenvalue weighted by Crippen LogP contribution is 2.25. The highest BCUT2D eigenvalue weighted by molar-refractivity contribution is 5.40. The molecular weight excluding hydrogens is 304 g/mol. The average Bonchev–Trinajstić information content (AvgIpc) is 2.56. The molecule has 0 spiro atoms. The highest BCUT2D eigenvalue weighted by atomic mass is 16.5. The standard InChI is InChI=1S/C16H26O7/c17-4-3-14-13-15(22-11-9-20-7-5-18)1-2-16(14)23-12-10-21-8-6-19/h1-2,13,17-19H,3-12H2. The van der Waals surface area contributed by atoms with Crippen molar-refractivity contribution in [1.82, 2.24) is 0 Å². The van der Waals surface area contributed by atoms with Crippen LogP contribution in [0.2, 0.25) is 0 Å². The fraction of sp³-hybridized carbons (Fsp3) is 0.625. The van der Waals surface area contributed by atoms with Gasteiger partial charge in [-0.3, -0.25) is 0 Å². The number of hydrogen-bond donors (Lipinski definition) is 3. The molecule has 0 atom stereocenters. The number of ether oxygens (including phenoxy) is 4. The Balaban J connectivity index is 2.45. The summed E-state index contributed by atoms with van der Waals surface area (Å²) in [6, 6.07) is 5.41.